The first-order valence-corrected chi connectivity index (χ1v) is 15.8. The van der Waals surface area contributed by atoms with E-state index in [0.717, 1.165) is 0 Å². The van der Waals surface area contributed by atoms with E-state index in [1.165, 1.54) is 108 Å². The molecule has 0 amide bonds. The molecule has 0 radical (unpaired) electrons. The van der Waals surface area contributed by atoms with Gasteiger partial charge in [0.2, 0.25) is 0 Å². The molecule has 0 saturated carbocycles. The average Bonchev–Trinajstić information content (AvgIpc) is 3.23. The molecule has 0 spiro atoms. The van der Waals surface area contributed by atoms with Crippen LogP contribution < -0.4 is 4.90 Å². The van der Waals surface area contributed by atoms with E-state index in [9.17, 15) is 0 Å². The van der Waals surface area contributed by atoms with Crippen molar-refractivity contribution in [3.8, 4) is 11.1 Å². The second-order valence-electron chi connectivity index (χ2n) is 11.1. The number of hydrogen-bond acceptors (Lipinski definition) is 1. The zero-order chi connectivity index (χ0) is 27.1. The Balaban J connectivity index is 1.65. The van der Waals surface area contributed by atoms with Crippen LogP contribution in [0.3, 0.4) is 0 Å². The van der Waals surface area contributed by atoms with Crippen molar-refractivity contribution in [3.63, 3.8) is 0 Å². The van der Waals surface area contributed by atoms with Gasteiger partial charge in [-0.05, 0) is 83.6 Å². The number of halogens is 1. The molecule has 1 nitrogen and oxygen atoms in total. The minimum absolute atomic E-state index is 0.0605. The van der Waals surface area contributed by atoms with Crippen molar-refractivity contribution in [1.82, 2.24) is 0 Å². The lowest BCUT2D eigenvalue weighted by Crippen LogP contribution is -2.26. The summed E-state index contributed by atoms with van der Waals surface area (Å²) >= 11 is 3.84. The summed E-state index contributed by atoms with van der Waals surface area (Å²) in [7, 11) is 0. The highest BCUT2D eigenvalue weighted by Gasteiger charge is 2.42. The lowest BCUT2D eigenvalue weighted by Gasteiger charge is -2.34. The minimum atomic E-state index is 0.0605. The predicted molar refractivity (Wildman–Crippen MR) is 173 cm³/mol. The van der Waals surface area contributed by atoms with Gasteiger partial charge in [0.1, 0.15) is 0 Å². The Kier molecular flexibility index (Phi) is 9.24. The second-order valence-corrected chi connectivity index (χ2v) is 12.0. The van der Waals surface area contributed by atoms with Crippen molar-refractivity contribution in [2.75, 3.05) is 4.90 Å². The lowest BCUT2D eigenvalue weighted by molar-refractivity contribution is 0.401. The SMILES string of the molecule is CCCCCCC1(CCCCCC)c2cc(Br)ccc2-c2ccc(N(c3ccccc3)c3ccccc3)cc21. The van der Waals surface area contributed by atoms with Crippen LogP contribution in [0.5, 0.6) is 0 Å². The molecule has 0 aliphatic heterocycles. The third-order valence-corrected chi connectivity index (χ3v) is 9.00. The topological polar surface area (TPSA) is 3.24 Å². The summed E-state index contributed by atoms with van der Waals surface area (Å²) < 4.78 is 1.19. The van der Waals surface area contributed by atoms with Gasteiger partial charge in [0.25, 0.3) is 0 Å². The van der Waals surface area contributed by atoms with Gasteiger partial charge in [-0.1, -0.05) is 130 Å². The number of nitrogens with zero attached hydrogens (tertiary/aromatic N) is 1. The molecule has 0 fully saturated rings. The molecular formula is C37H42BrN. The summed E-state index contributed by atoms with van der Waals surface area (Å²) in [6.07, 6.45) is 12.8. The molecule has 0 saturated heterocycles. The number of anilines is 3. The first-order valence-electron chi connectivity index (χ1n) is 15.0. The van der Waals surface area contributed by atoms with Crippen molar-refractivity contribution in [3.05, 3.63) is 113 Å². The average molecular weight is 581 g/mol. The molecule has 0 N–H and O–H groups in total. The van der Waals surface area contributed by atoms with Crippen LogP contribution in [0.25, 0.3) is 11.1 Å². The Bertz CT molecular complexity index is 1290. The molecule has 0 atom stereocenters. The summed E-state index contributed by atoms with van der Waals surface area (Å²) in [6, 6.07) is 35.9. The molecule has 5 rings (SSSR count). The summed E-state index contributed by atoms with van der Waals surface area (Å²) in [6.45, 7) is 4.62. The highest BCUT2D eigenvalue weighted by atomic mass is 79.9. The van der Waals surface area contributed by atoms with Crippen molar-refractivity contribution in [2.45, 2.75) is 83.5 Å². The van der Waals surface area contributed by atoms with Gasteiger partial charge in [0.05, 0.1) is 0 Å². The van der Waals surface area contributed by atoms with Gasteiger partial charge in [-0.3, -0.25) is 0 Å². The number of rotatable bonds is 13. The molecule has 39 heavy (non-hydrogen) atoms. The summed E-state index contributed by atoms with van der Waals surface area (Å²) in [5.74, 6) is 0. The molecule has 4 aromatic carbocycles. The Morgan fingerprint density at radius 2 is 1.05 bits per heavy atom. The number of benzene rings is 4. The summed E-state index contributed by atoms with van der Waals surface area (Å²) in [5, 5.41) is 0. The molecule has 202 valence electrons. The Morgan fingerprint density at radius 1 is 0.538 bits per heavy atom. The highest BCUT2D eigenvalue weighted by molar-refractivity contribution is 9.10. The zero-order valence-electron chi connectivity index (χ0n) is 23.6. The van der Waals surface area contributed by atoms with Crippen molar-refractivity contribution in [1.29, 1.82) is 0 Å². The van der Waals surface area contributed by atoms with E-state index >= 15 is 0 Å². The van der Waals surface area contributed by atoms with Crippen LogP contribution in [-0.4, -0.2) is 0 Å². The van der Waals surface area contributed by atoms with Crippen LogP contribution in [0.1, 0.15) is 89.2 Å². The molecule has 4 aromatic rings. The van der Waals surface area contributed by atoms with Crippen LogP contribution in [0, 0.1) is 0 Å². The fourth-order valence-electron chi connectivity index (χ4n) is 6.57. The van der Waals surface area contributed by atoms with E-state index in [1.54, 1.807) is 0 Å². The van der Waals surface area contributed by atoms with Gasteiger partial charge < -0.3 is 4.90 Å². The monoisotopic (exact) mass is 579 g/mol. The lowest BCUT2D eigenvalue weighted by atomic mass is 9.70. The zero-order valence-corrected chi connectivity index (χ0v) is 25.2. The fraction of sp³-hybridized carbons (Fsp3) is 0.351. The Labute approximate surface area is 244 Å². The van der Waals surface area contributed by atoms with Gasteiger partial charge in [-0.25, -0.2) is 0 Å². The van der Waals surface area contributed by atoms with E-state index in [4.69, 9.17) is 0 Å². The summed E-state index contributed by atoms with van der Waals surface area (Å²) in [4.78, 5) is 2.41. The van der Waals surface area contributed by atoms with Crippen LogP contribution >= 0.6 is 15.9 Å². The maximum absolute atomic E-state index is 3.84. The third-order valence-electron chi connectivity index (χ3n) is 8.51. The maximum atomic E-state index is 3.84. The number of para-hydroxylation sites is 2. The molecule has 0 unspecified atom stereocenters. The van der Waals surface area contributed by atoms with E-state index in [0.29, 0.717) is 0 Å². The molecule has 0 bridgehead atoms. The van der Waals surface area contributed by atoms with Crippen molar-refractivity contribution < 1.29 is 0 Å². The number of hydrogen-bond donors (Lipinski definition) is 0. The standard InChI is InChI=1S/C37H42BrN/c1-3-5-7-15-25-37(26-16-8-6-4-2)35-27-29(38)21-23-33(35)34-24-22-32(28-36(34)37)39(30-17-11-9-12-18-30)31-19-13-10-14-20-31/h9-14,17-24,27-28H,3-8,15-16,25-26H2,1-2H3. The predicted octanol–water partition coefficient (Wildman–Crippen LogP) is 12.1. The molecular weight excluding hydrogens is 538 g/mol. The van der Waals surface area contributed by atoms with Crippen molar-refractivity contribution in [2.24, 2.45) is 0 Å². The largest absolute Gasteiger partial charge is 0.310 e. The van der Waals surface area contributed by atoms with Crippen LogP contribution in [0.15, 0.2) is 102 Å². The number of unbranched alkanes of at least 4 members (excludes halogenated alkanes) is 6. The van der Waals surface area contributed by atoms with Crippen molar-refractivity contribution >= 4 is 33.0 Å². The highest BCUT2D eigenvalue weighted by Crippen LogP contribution is 2.56. The molecule has 0 heterocycles. The summed E-state index contributed by atoms with van der Waals surface area (Å²) in [5.41, 5.74) is 9.60. The van der Waals surface area contributed by atoms with Gasteiger partial charge in [0, 0.05) is 26.9 Å². The van der Waals surface area contributed by atoms with Gasteiger partial charge >= 0.3 is 0 Å². The maximum Gasteiger partial charge on any atom is 0.0465 e. The minimum Gasteiger partial charge on any atom is -0.310 e. The number of fused-ring (bicyclic) bond motifs is 3. The normalized spacial score (nSPS) is 13.2. The smallest absolute Gasteiger partial charge is 0.0465 e. The fourth-order valence-corrected chi connectivity index (χ4v) is 6.93. The van der Waals surface area contributed by atoms with E-state index in [1.807, 2.05) is 0 Å². The van der Waals surface area contributed by atoms with Crippen LogP contribution in [0.2, 0.25) is 0 Å². The van der Waals surface area contributed by atoms with Gasteiger partial charge in [0.15, 0.2) is 0 Å². The first kappa shape index (κ1) is 27.7. The third kappa shape index (κ3) is 5.87. The quantitative estimate of drug-likeness (QED) is 0.142. The van der Waals surface area contributed by atoms with E-state index in [-0.39, 0.29) is 5.41 Å². The Hall–Kier alpha value is -2.84. The molecule has 1 aliphatic carbocycles. The van der Waals surface area contributed by atoms with Gasteiger partial charge in [-0.2, -0.15) is 0 Å². The molecule has 0 aromatic heterocycles. The van der Waals surface area contributed by atoms with E-state index < -0.39 is 0 Å². The van der Waals surface area contributed by atoms with Crippen LogP contribution in [-0.2, 0) is 5.41 Å². The van der Waals surface area contributed by atoms with Crippen LogP contribution in [0.4, 0.5) is 17.1 Å². The molecule has 2 heteroatoms. The Morgan fingerprint density at radius 3 is 1.59 bits per heavy atom. The molecule has 1 aliphatic rings. The second kappa shape index (κ2) is 13.0. The first-order chi connectivity index (χ1) is 19.2. The van der Waals surface area contributed by atoms with E-state index in [2.05, 4.69) is 132 Å². The van der Waals surface area contributed by atoms with Gasteiger partial charge in [-0.15, -0.1) is 0 Å².